The van der Waals surface area contributed by atoms with E-state index < -0.39 is 10.0 Å². The summed E-state index contributed by atoms with van der Waals surface area (Å²) in [7, 11) is -3.90. The van der Waals surface area contributed by atoms with Crippen LogP contribution in [0, 0.1) is 13.8 Å². The van der Waals surface area contributed by atoms with Crippen molar-refractivity contribution in [2.75, 3.05) is 10.8 Å². The molecule has 0 unspecified atom stereocenters. The summed E-state index contributed by atoms with van der Waals surface area (Å²) in [4.78, 5) is 16.7. The van der Waals surface area contributed by atoms with E-state index in [0.29, 0.717) is 12.2 Å². The highest BCUT2D eigenvalue weighted by Crippen LogP contribution is 2.25. The molecule has 7 heteroatoms. The average molecular weight is 410 g/mol. The number of sulfonamides is 1. The van der Waals surface area contributed by atoms with Crippen molar-refractivity contribution in [3.05, 3.63) is 89.7 Å². The number of hydrogen-bond acceptors (Lipinski definition) is 4. The molecular formula is C22H23N3O3S. The largest absolute Gasteiger partial charge is 0.350 e. The molecule has 2 aromatic carbocycles. The molecule has 0 aliphatic heterocycles. The van der Waals surface area contributed by atoms with Crippen LogP contribution in [0.4, 0.5) is 5.69 Å². The monoisotopic (exact) mass is 409 g/mol. The number of carbonyl (C=O) groups is 1. The Labute approximate surface area is 171 Å². The Morgan fingerprint density at radius 2 is 1.59 bits per heavy atom. The number of carbonyl (C=O) groups excluding carboxylic acids is 1. The van der Waals surface area contributed by atoms with Crippen LogP contribution in [0.25, 0.3) is 0 Å². The molecule has 1 aromatic heterocycles. The molecule has 1 heterocycles. The molecule has 6 nitrogen and oxygen atoms in total. The molecule has 0 spiro atoms. The molecule has 0 aliphatic carbocycles. The fraction of sp³-hybridized carbons (Fsp3) is 0.182. The molecule has 0 bridgehead atoms. The first-order valence-electron chi connectivity index (χ1n) is 9.18. The molecule has 0 aliphatic rings. The molecule has 3 rings (SSSR count). The summed E-state index contributed by atoms with van der Waals surface area (Å²) in [5, 5.41) is 2.78. The zero-order valence-corrected chi connectivity index (χ0v) is 17.2. The molecular weight excluding hydrogens is 386 g/mol. The Hall–Kier alpha value is -3.19. The van der Waals surface area contributed by atoms with Crippen LogP contribution in [0.15, 0.2) is 78.0 Å². The van der Waals surface area contributed by atoms with E-state index in [2.05, 4.69) is 10.3 Å². The lowest BCUT2D eigenvalue weighted by Gasteiger charge is -2.25. The van der Waals surface area contributed by atoms with Gasteiger partial charge in [-0.1, -0.05) is 24.3 Å². The van der Waals surface area contributed by atoms with Crippen LogP contribution >= 0.6 is 0 Å². The lowest BCUT2D eigenvalue weighted by atomic mass is 10.1. The van der Waals surface area contributed by atoms with Crippen molar-refractivity contribution < 1.29 is 13.2 Å². The first-order valence-corrected chi connectivity index (χ1v) is 10.6. The number of aryl methyl sites for hydroxylation is 2. The van der Waals surface area contributed by atoms with Crippen molar-refractivity contribution >= 4 is 21.6 Å². The van der Waals surface area contributed by atoms with Gasteiger partial charge in [0, 0.05) is 18.9 Å². The summed E-state index contributed by atoms with van der Waals surface area (Å²) in [6.45, 7) is 3.78. The van der Waals surface area contributed by atoms with Gasteiger partial charge in [-0.2, -0.15) is 0 Å². The fourth-order valence-corrected chi connectivity index (χ4v) is 4.44. The first-order chi connectivity index (χ1) is 13.9. The number of hydrogen-bond donors (Lipinski definition) is 1. The van der Waals surface area contributed by atoms with Crippen molar-refractivity contribution in [2.45, 2.75) is 25.3 Å². The highest BCUT2D eigenvalue weighted by molar-refractivity contribution is 7.92. The van der Waals surface area contributed by atoms with E-state index in [1.54, 1.807) is 54.9 Å². The van der Waals surface area contributed by atoms with E-state index in [1.165, 1.54) is 12.1 Å². The van der Waals surface area contributed by atoms with Gasteiger partial charge in [-0.15, -0.1) is 0 Å². The molecule has 0 saturated carbocycles. The number of aromatic nitrogens is 1. The second kappa shape index (κ2) is 8.87. The van der Waals surface area contributed by atoms with Gasteiger partial charge < -0.3 is 5.32 Å². The predicted octanol–water partition coefficient (Wildman–Crippen LogP) is 3.21. The Bertz CT molecular complexity index is 1060. The molecule has 1 N–H and O–H groups in total. The Morgan fingerprint density at radius 1 is 0.966 bits per heavy atom. The van der Waals surface area contributed by atoms with Crippen LogP contribution in [-0.4, -0.2) is 25.9 Å². The van der Waals surface area contributed by atoms with Gasteiger partial charge in [0.1, 0.15) is 6.54 Å². The van der Waals surface area contributed by atoms with Crippen LogP contribution in [0.3, 0.4) is 0 Å². The van der Waals surface area contributed by atoms with E-state index in [1.807, 2.05) is 19.9 Å². The van der Waals surface area contributed by atoms with Crippen LogP contribution in [0.2, 0.25) is 0 Å². The van der Waals surface area contributed by atoms with E-state index in [4.69, 9.17) is 0 Å². The predicted molar refractivity (Wildman–Crippen MR) is 113 cm³/mol. The summed E-state index contributed by atoms with van der Waals surface area (Å²) in [6.07, 6.45) is 3.28. The van der Waals surface area contributed by atoms with Crippen molar-refractivity contribution in [3.8, 4) is 0 Å². The number of rotatable bonds is 7. The lowest BCUT2D eigenvalue weighted by Crippen LogP contribution is -2.40. The fourth-order valence-electron chi connectivity index (χ4n) is 3.02. The van der Waals surface area contributed by atoms with Gasteiger partial charge in [0.05, 0.1) is 10.6 Å². The Morgan fingerprint density at radius 3 is 2.21 bits per heavy atom. The lowest BCUT2D eigenvalue weighted by molar-refractivity contribution is -0.119. The van der Waals surface area contributed by atoms with Crippen molar-refractivity contribution in [3.63, 3.8) is 0 Å². The normalized spacial score (nSPS) is 11.1. The average Bonchev–Trinajstić information content (AvgIpc) is 2.71. The maximum atomic E-state index is 13.3. The summed E-state index contributed by atoms with van der Waals surface area (Å²) in [5.41, 5.74) is 3.19. The van der Waals surface area contributed by atoms with Crippen LogP contribution in [0.1, 0.15) is 16.7 Å². The molecule has 0 atom stereocenters. The minimum absolute atomic E-state index is 0.140. The van der Waals surface area contributed by atoms with Crippen molar-refractivity contribution in [1.82, 2.24) is 10.3 Å². The van der Waals surface area contributed by atoms with E-state index in [-0.39, 0.29) is 17.3 Å². The number of amides is 1. The molecule has 3 aromatic rings. The number of pyridine rings is 1. The smallest absolute Gasteiger partial charge is 0.264 e. The maximum absolute atomic E-state index is 13.3. The van der Waals surface area contributed by atoms with Crippen molar-refractivity contribution in [1.29, 1.82) is 0 Å². The van der Waals surface area contributed by atoms with Gasteiger partial charge in [-0.05, 0) is 66.9 Å². The van der Waals surface area contributed by atoms with Crippen LogP contribution < -0.4 is 9.62 Å². The zero-order valence-electron chi connectivity index (χ0n) is 16.4. The minimum Gasteiger partial charge on any atom is -0.350 e. The molecule has 0 radical (unpaired) electrons. The zero-order chi connectivity index (χ0) is 20.9. The van der Waals surface area contributed by atoms with Gasteiger partial charge in [0.2, 0.25) is 5.91 Å². The standard InChI is InChI=1S/C22H23N3O3S/c1-17-12-18(2)14-20(13-17)25(29(27,28)21-6-4-3-5-7-21)16-22(26)24-15-19-8-10-23-11-9-19/h3-14H,15-16H2,1-2H3,(H,24,26). The molecule has 1 amide bonds. The first kappa shape index (κ1) is 20.5. The Kier molecular flexibility index (Phi) is 6.29. The molecule has 0 fully saturated rings. The summed E-state index contributed by atoms with van der Waals surface area (Å²) < 4.78 is 27.8. The van der Waals surface area contributed by atoms with Crippen LogP contribution in [-0.2, 0) is 21.4 Å². The highest BCUT2D eigenvalue weighted by Gasteiger charge is 2.27. The maximum Gasteiger partial charge on any atom is 0.264 e. The second-order valence-electron chi connectivity index (χ2n) is 6.80. The third-order valence-corrected chi connectivity index (χ3v) is 6.14. The summed E-state index contributed by atoms with van der Waals surface area (Å²) >= 11 is 0. The van der Waals surface area contributed by atoms with Gasteiger partial charge in [0.25, 0.3) is 10.0 Å². The van der Waals surface area contributed by atoms with Gasteiger partial charge in [0.15, 0.2) is 0 Å². The summed E-state index contributed by atoms with van der Waals surface area (Å²) in [6, 6.07) is 17.2. The third kappa shape index (κ3) is 5.20. The van der Waals surface area contributed by atoms with Gasteiger partial charge in [-0.25, -0.2) is 8.42 Å². The summed E-state index contributed by atoms with van der Waals surface area (Å²) in [5.74, 6) is -0.388. The van der Waals surface area contributed by atoms with E-state index in [9.17, 15) is 13.2 Å². The molecule has 150 valence electrons. The van der Waals surface area contributed by atoms with Crippen molar-refractivity contribution in [2.24, 2.45) is 0 Å². The molecule has 0 saturated heterocycles. The minimum atomic E-state index is -3.90. The highest BCUT2D eigenvalue weighted by atomic mass is 32.2. The SMILES string of the molecule is Cc1cc(C)cc(N(CC(=O)NCc2ccncc2)S(=O)(=O)c2ccccc2)c1. The second-order valence-corrected chi connectivity index (χ2v) is 8.67. The Balaban J connectivity index is 1.89. The number of nitrogens with zero attached hydrogens (tertiary/aromatic N) is 2. The number of nitrogens with one attached hydrogen (secondary N) is 1. The number of anilines is 1. The van der Waals surface area contributed by atoms with Gasteiger partial charge >= 0.3 is 0 Å². The van der Waals surface area contributed by atoms with E-state index in [0.717, 1.165) is 21.0 Å². The van der Waals surface area contributed by atoms with E-state index >= 15 is 0 Å². The quantitative estimate of drug-likeness (QED) is 0.650. The van der Waals surface area contributed by atoms with Crippen LogP contribution in [0.5, 0.6) is 0 Å². The van der Waals surface area contributed by atoms with Gasteiger partial charge in [-0.3, -0.25) is 14.1 Å². The topological polar surface area (TPSA) is 79.4 Å². The molecule has 29 heavy (non-hydrogen) atoms. The third-order valence-electron chi connectivity index (χ3n) is 4.35. The number of benzene rings is 2.